The number of ether oxygens (including phenoxy) is 2. The van der Waals surface area contributed by atoms with Crippen molar-refractivity contribution in [2.45, 2.75) is 19.3 Å². The summed E-state index contributed by atoms with van der Waals surface area (Å²) in [6.45, 7) is 2.50. The van der Waals surface area contributed by atoms with Crippen LogP contribution in [0.4, 0.5) is 5.69 Å². The molecule has 0 aromatic heterocycles. The third-order valence-corrected chi connectivity index (χ3v) is 6.66. The predicted molar refractivity (Wildman–Crippen MR) is 117 cm³/mol. The van der Waals surface area contributed by atoms with Crippen LogP contribution in [0.1, 0.15) is 23.5 Å². The molecule has 0 aliphatic carbocycles. The van der Waals surface area contributed by atoms with Crippen LogP contribution >= 0.6 is 11.8 Å². The van der Waals surface area contributed by atoms with Gasteiger partial charge in [0.05, 0.1) is 43.4 Å². The van der Waals surface area contributed by atoms with Gasteiger partial charge < -0.3 is 14.4 Å². The highest BCUT2D eigenvalue weighted by atomic mass is 32.2. The number of hydrogen-bond donors (Lipinski definition) is 0. The number of carbonyl (C=O) groups is 1. The quantitative estimate of drug-likeness (QED) is 0.736. The van der Waals surface area contributed by atoms with Crippen LogP contribution < -0.4 is 14.4 Å². The Morgan fingerprint density at radius 3 is 2.57 bits per heavy atom. The van der Waals surface area contributed by atoms with E-state index in [1.165, 1.54) is 17.3 Å². The Morgan fingerprint density at radius 1 is 1.13 bits per heavy atom. The molecule has 4 rings (SSSR count). The fourth-order valence-electron chi connectivity index (χ4n) is 3.85. The minimum atomic E-state index is -0.326. The van der Waals surface area contributed by atoms with Gasteiger partial charge in [-0.2, -0.15) is 5.26 Å². The highest BCUT2D eigenvalue weighted by molar-refractivity contribution is 8.03. The van der Waals surface area contributed by atoms with Gasteiger partial charge in [0.2, 0.25) is 5.91 Å². The van der Waals surface area contributed by atoms with E-state index in [9.17, 15) is 10.1 Å². The first-order valence-electron chi connectivity index (χ1n) is 9.66. The smallest absolute Gasteiger partial charge is 0.229 e. The summed E-state index contributed by atoms with van der Waals surface area (Å²) in [5.74, 6) is 1.66. The van der Waals surface area contributed by atoms with Crippen LogP contribution in [0.5, 0.6) is 11.5 Å². The first kappa shape index (κ1) is 20.2. The highest BCUT2D eigenvalue weighted by Crippen LogP contribution is 2.45. The Bertz CT molecular complexity index is 1040. The molecule has 0 unspecified atom stereocenters. The van der Waals surface area contributed by atoms with Crippen molar-refractivity contribution in [3.8, 4) is 17.6 Å². The summed E-state index contributed by atoms with van der Waals surface area (Å²) in [6.07, 6.45) is 0.234. The number of allylic oxidation sites excluding steroid dienone is 1. The molecule has 6 nitrogen and oxygen atoms in total. The van der Waals surface area contributed by atoms with E-state index in [0.29, 0.717) is 29.6 Å². The molecule has 2 aliphatic rings. The van der Waals surface area contributed by atoms with Crippen LogP contribution in [-0.4, -0.2) is 37.6 Å². The number of methoxy groups -OCH3 is 2. The third-order valence-electron chi connectivity index (χ3n) is 5.51. The first-order valence-corrected chi connectivity index (χ1v) is 10.6. The molecular formula is C23H23N3O3S. The average molecular weight is 422 g/mol. The summed E-state index contributed by atoms with van der Waals surface area (Å²) in [7, 11) is 3.18. The van der Waals surface area contributed by atoms with E-state index in [-0.39, 0.29) is 18.2 Å². The van der Waals surface area contributed by atoms with Crippen molar-refractivity contribution in [2.24, 2.45) is 0 Å². The zero-order valence-electron chi connectivity index (χ0n) is 17.2. The molecule has 2 aromatic carbocycles. The lowest BCUT2D eigenvalue weighted by molar-refractivity contribution is -0.129. The van der Waals surface area contributed by atoms with Gasteiger partial charge in [0.15, 0.2) is 0 Å². The van der Waals surface area contributed by atoms with E-state index in [4.69, 9.17) is 9.47 Å². The SMILES string of the molecule is COc1ccc([C@@H]2CC(=O)N3CN(c4ccc(C)cc4)CSC3=C2C#N)c(OC)c1. The second-order valence-corrected chi connectivity index (χ2v) is 8.24. The van der Waals surface area contributed by atoms with Gasteiger partial charge in [-0.1, -0.05) is 35.5 Å². The number of thioether (sulfide) groups is 1. The van der Waals surface area contributed by atoms with Crippen LogP contribution in [0, 0.1) is 18.3 Å². The minimum Gasteiger partial charge on any atom is -0.497 e. The van der Waals surface area contributed by atoms with Crippen molar-refractivity contribution in [3.63, 3.8) is 0 Å². The van der Waals surface area contributed by atoms with Gasteiger partial charge >= 0.3 is 0 Å². The van der Waals surface area contributed by atoms with E-state index >= 15 is 0 Å². The standard InChI is InChI=1S/C23H23N3O3S/c1-15-4-6-16(7-5-15)25-13-26-22(27)11-19(20(12-24)23(26)30-14-25)18-9-8-17(28-2)10-21(18)29-3/h4-10,19H,11,13-14H2,1-3H3/t19-/m0/s1. The summed E-state index contributed by atoms with van der Waals surface area (Å²) in [4.78, 5) is 17.0. The van der Waals surface area contributed by atoms with Crippen LogP contribution in [0.2, 0.25) is 0 Å². The lowest BCUT2D eigenvalue weighted by atomic mass is 9.86. The number of aryl methyl sites for hydroxylation is 1. The Balaban J connectivity index is 1.68. The van der Waals surface area contributed by atoms with Gasteiger partial charge in [-0.25, -0.2) is 0 Å². The van der Waals surface area contributed by atoms with Crippen LogP contribution in [0.15, 0.2) is 53.1 Å². The summed E-state index contributed by atoms with van der Waals surface area (Å²) in [5.41, 5.74) is 3.71. The number of carbonyl (C=O) groups excluding carboxylic acids is 1. The van der Waals surface area contributed by atoms with E-state index < -0.39 is 0 Å². The maximum Gasteiger partial charge on any atom is 0.229 e. The van der Waals surface area contributed by atoms with Crippen molar-refractivity contribution in [3.05, 3.63) is 64.2 Å². The summed E-state index contributed by atoms with van der Waals surface area (Å²) in [6, 6.07) is 16.1. The Kier molecular flexibility index (Phi) is 5.60. The fourth-order valence-corrected chi connectivity index (χ4v) is 5.02. The molecule has 1 saturated heterocycles. The lowest BCUT2D eigenvalue weighted by Crippen LogP contribution is -2.47. The second-order valence-electron chi connectivity index (χ2n) is 7.31. The topological polar surface area (TPSA) is 65.8 Å². The summed E-state index contributed by atoms with van der Waals surface area (Å²) < 4.78 is 10.8. The van der Waals surface area contributed by atoms with Gasteiger partial charge in [-0.15, -0.1) is 0 Å². The molecule has 0 saturated carbocycles. The molecule has 0 spiro atoms. The molecule has 2 heterocycles. The number of rotatable bonds is 4. The molecule has 2 aromatic rings. The van der Waals surface area contributed by atoms with Crippen molar-refractivity contribution >= 4 is 23.4 Å². The molecule has 1 fully saturated rings. The van der Waals surface area contributed by atoms with Gasteiger partial charge in [0.25, 0.3) is 0 Å². The number of hydrogen-bond acceptors (Lipinski definition) is 6. The van der Waals surface area contributed by atoms with E-state index in [0.717, 1.165) is 16.3 Å². The predicted octanol–water partition coefficient (Wildman–Crippen LogP) is 4.23. The fraction of sp³-hybridized carbons (Fsp3) is 0.304. The van der Waals surface area contributed by atoms with Crippen LogP contribution in [0.3, 0.4) is 0 Å². The van der Waals surface area contributed by atoms with E-state index in [2.05, 4.69) is 42.2 Å². The van der Waals surface area contributed by atoms with Crippen molar-refractivity contribution in [1.82, 2.24) is 4.90 Å². The van der Waals surface area contributed by atoms with Gasteiger partial charge in [-0.3, -0.25) is 9.69 Å². The molecule has 1 amide bonds. The Labute approximate surface area is 180 Å². The molecule has 7 heteroatoms. The van der Waals surface area contributed by atoms with Gasteiger partial charge in [0.1, 0.15) is 11.5 Å². The molecule has 1 atom stereocenters. The average Bonchev–Trinajstić information content (AvgIpc) is 2.79. The molecule has 154 valence electrons. The number of nitriles is 1. The Hall–Kier alpha value is -3.11. The third kappa shape index (κ3) is 3.59. The molecular weight excluding hydrogens is 398 g/mol. The molecule has 0 bridgehead atoms. The maximum absolute atomic E-state index is 13.1. The van der Waals surface area contributed by atoms with Gasteiger partial charge in [0, 0.05) is 29.7 Å². The first-order chi connectivity index (χ1) is 14.5. The van der Waals surface area contributed by atoms with Gasteiger partial charge in [-0.05, 0) is 25.1 Å². The summed E-state index contributed by atoms with van der Waals surface area (Å²) >= 11 is 1.53. The zero-order valence-corrected chi connectivity index (χ0v) is 18.0. The van der Waals surface area contributed by atoms with E-state index in [1.54, 1.807) is 25.2 Å². The monoisotopic (exact) mass is 421 g/mol. The second kappa shape index (κ2) is 8.33. The number of fused-ring (bicyclic) bond motifs is 1. The minimum absolute atomic E-state index is 0.0104. The number of amides is 1. The number of anilines is 1. The van der Waals surface area contributed by atoms with E-state index in [1.807, 2.05) is 12.1 Å². The molecule has 2 aliphatic heterocycles. The van der Waals surface area contributed by atoms with Crippen LogP contribution in [-0.2, 0) is 4.79 Å². The largest absolute Gasteiger partial charge is 0.497 e. The highest BCUT2D eigenvalue weighted by Gasteiger charge is 2.39. The normalized spacial score (nSPS) is 18.7. The number of nitrogens with zero attached hydrogens (tertiary/aromatic N) is 3. The molecule has 0 N–H and O–H groups in total. The zero-order chi connectivity index (χ0) is 21.3. The molecule has 30 heavy (non-hydrogen) atoms. The number of benzene rings is 2. The van der Waals surface area contributed by atoms with Crippen molar-refractivity contribution < 1.29 is 14.3 Å². The van der Waals surface area contributed by atoms with Crippen LogP contribution in [0.25, 0.3) is 0 Å². The molecule has 0 radical (unpaired) electrons. The van der Waals surface area contributed by atoms with Crippen molar-refractivity contribution in [1.29, 1.82) is 5.26 Å². The van der Waals surface area contributed by atoms with Crippen molar-refractivity contribution in [2.75, 3.05) is 31.7 Å². The maximum atomic E-state index is 13.1. The summed E-state index contributed by atoms with van der Waals surface area (Å²) in [5, 5.41) is 10.7. The Morgan fingerprint density at radius 2 is 1.90 bits per heavy atom. The lowest BCUT2D eigenvalue weighted by Gasteiger charge is -2.42.